The fourth-order valence-corrected chi connectivity index (χ4v) is 2.36. The van der Waals surface area contributed by atoms with Gasteiger partial charge in [-0.2, -0.15) is 0 Å². The molecule has 23 heavy (non-hydrogen) atoms. The summed E-state index contributed by atoms with van der Waals surface area (Å²) < 4.78 is 5.23. The number of aryl methyl sites for hydroxylation is 1. The zero-order valence-electron chi connectivity index (χ0n) is 15.0. The molecule has 0 aliphatic rings. The molecular weight excluding hydrogens is 292 g/mol. The molecule has 2 amide bonds. The zero-order chi connectivity index (χ0) is 17.6. The highest BCUT2D eigenvalue weighted by molar-refractivity contribution is 6.39. The number of hydrogen-bond donors (Lipinski definition) is 1. The van der Waals surface area contributed by atoms with Gasteiger partial charge in [-0.25, -0.2) is 0 Å². The maximum atomic E-state index is 12.5. The number of anilines is 1. The maximum absolute atomic E-state index is 12.5. The van der Waals surface area contributed by atoms with E-state index in [1.54, 1.807) is 17.0 Å². The van der Waals surface area contributed by atoms with Gasteiger partial charge in [0.2, 0.25) is 0 Å². The number of amides is 2. The standard InChI is InChI=1S/C18H28N2O3/c1-12(2)10-20(11-13(3)4)18(22)17(21)19-15-9-14(5)7-8-16(15)23-6/h7-9,12-13H,10-11H2,1-6H3,(H,19,21). The molecule has 1 aromatic rings. The van der Waals surface area contributed by atoms with Gasteiger partial charge in [-0.15, -0.1) is 0 Å². The normalized spacial score (nSPS) is 10.8. The van der Waals surface area contributed by atoms with Gasteiger partial charge in [0.25, 0.3) is 0 Å². The van der Waals surface area contributed by atoms with Crippen molar-refractivity contribution in [3.05, 3.63) is 23.8 Å². The first kappa shape index (κ1) is 19.0. The van der Waals surface area contributed by atoms with E-state index in [1.807, 2.05) is 40.7 Å². The molecule has 0 saturated carbocycles. The summed E-state index contributed by atoms with van der Waals surface area (Å²) in [5.41, 5.74) is 1.50. The quantitative estimate of drug-likeness (QED) is 0.820. The molecule has 0 spiro atoms. The van der Waals surface area contributed by atoms with Crippen molar-refractivity contribution in [3.8, 4) is 5.75 Å². The van der Waals surface area contributed by atoms with E-state index in [1.165, 1.54) is 7.11 Å². The second-order valence-corrected chi connectivity index (χ2v) is 6.66. The van der Waals surface area contributed by atoms with Crippen LogP contribution >= 0.6 is 0 Å². The van der Waals surface area contributed by atoms with Crippen molar-refractivity contribution in [3.63, 3.8) is 0 Å². The van der Waals surface area contributed by atoms with Crippen LogP contribution < -0.4 is 10.1 Å². The number of nitrogens with one attached hydrogen (secondary N) is 1. The van der Waals surface area contributed by atoms with Crippen LogP contribution in [0.15, 0.2) is 18.2 Å². The third-order valence-corrected chi connectivity index (χ3v) is 3.26. The lowest BCUT2D eigenvalue weighted by Gasteiger charge is -2.25. The Morgan fingerprint density at radius 3 is 2.17 bits per heavy atom. The van der Waals surface area contributed by atoms with Gasteiger partial charge in [-0.05, 0) is 36.5 Å². The van der Waals surface area contributed by atoms with E-state index >= 15 is 0 Å². The van der Waals surface area contributed by atoms with E-state index in [4.69, 9.17) is 4.74 Å². The van der Waals surface area contributed by atoms with Gasteiger partial charge in [0.1, 0.15) is 5.75 Å². The van der Waals surface area contributed by atoms with Crippen LogP contribution in [0.1, 0.15) is 33.3 Å². The van der Waals surface area contributed by atoms with Crippen LogP contribution in [0.25, 0.3) is 0 Å². The molecule has 0 unspecified atom stereocenters. The second-order valence-electron chi connectivity index (χ2n) is 6.66. The fraction of sp³-hybridized carbons (Fsp3) is 0.556. The van der Waals surface area contributed by atoms with Crippen molar-refractivity contribution in [2.45, 2.75) is 34.6 Å². The van der Waals surface area contributed by atoms with Gasteiger partial charge in [0.05, 0.1) is 12.8 Å². The Bertz CT molecular complexity index is 543. The molecule has 1 rings (SSSR count). The number of hydrogen-bond acceptors (Lipinski definition) is 3. The second kappa shape index (κ2) is 8.56. The first-order valence-corrected chi connectivity index (χ1v) is 7.99. The molecule has 1 N–H and O–H groups in total. The molecule has 5 nitrogen and oxygen atoms in total. The minimum atomic E-state index is -0.629. The Morgan fingerprint density at radius 1 is 1.13 bits per heavy atom. The molecule has 0 saturated heterocycles. The average Bonchev–Trinajstić information content (AvgIpc) is 2.45. The molecule has 1 aromatic carbocycles. The van der Waals surface area contributed by atoms with Crippen molar-refractivity contribution in [1.82, 2.24) is 4.90 Å². The largest absolute Gasteiger partial charge is 0.495 e. The SMILES string of the molecule is COc1ccc(C)cc1NC(=O)C(=O)N(CC(C)C)CC(C)C. The molecule has 0 bridgehead atoms. The van der Waals surface area contributed by atoms with E-state index < -0.39 is 11.8 Å². The molecular formula is C18H28N2O3. The number of carbonyl (C=O) groups is 2. The third kappa shape index (κ3) is 5.93. The Balaban J connectivity index is 2.89. The summed E-state index contributed by atoms with van der Waals surface area (Å²) in [6, 6.07) is 5.45. The van der Waals surface area contributed by atoms with Crippen LogP contribution in [0.5, 0.6) is 5.75 Å². The van der Waals surface area contributed by atoms with E-state index in [0.29, 0.717) is 36.4 Å². The summed E-state index contributed by atoms with van der Waals surface area (Å²) in [6.07, 6.45) is 0. The van der Waals surface area contributed by atoms with Gasteiger partial charge in [0, 0.05) is 13.1 Å². The number of carbonyl (C=O) groups excluding carboxylic acids is 2. The van der Waals surface area contributed by atoms with Crippen molar-refractivity contribution < 1.29 is 14.3 Å². The number of rotatable bonds is 6. The highest BCUT2D eigenvalue weighted by atomic mass is 16.5. The zero-order valence-corrected chi connectivity index (χ0v) is 15.0. The van der Waals surface area contributed by atoms with Crippen molar-refractivity contribution >= 4 is 17.5 Å². The minimum Gasteiger partial charge on any atom is -0.495 e. The monoisotopic (exact) mass is 320 g/mol. The Kier molecular flexibility index (Phi) is 7.07. The van der Waals surface area contributed by atoms with Gasteiger partial charge in [-0.3, -0.25) is 9.59 Å². The maximum Gasteiger partial charge on any atom is 0.314 e. The molecule has 128 valence electrons. The first-order valence-electron chi connectivity index (χ1n) is 7.99. The number of nitrogens with zero attached hydrogens (tertiary/aromatic N) is 1. The lowest BCUT2D eigenvalue weighted by atomic mass is 10.1. The van der Waals surface area contributed by atoms with Crippen LogP contribution in [-0.4, -0.2) is 36.9 Å². The number of ether oxygens (including phenoxy) is 1. The van der Waals surface area contributed by atoms with Crippen LogP contribution in [0.2, 0.25) is 0 Å². The van der Waals surface area contributed by atoms with Crippen LogP contribution in [0.4, 0.5) is 5.69 Å². The highest BCUT2D eigenvalue weighted by Crippen LogP contribution is 2.25. The summed E-state index contributed by atoms with van der Waals surface area (Å²) in [5.74, 6) is 0.0141. The Labute approximate surface area is 139 Å². The summed E-state index contributed by atoms with van der Waals surface area (Å²) in [7, 11) is 1.53. The van der Waals surface area contributed by atoms with Crippen LogP contribution in [0.3, 0.4) is 0 Å². The average molecular weight is 320 g/mol. The topological polar surface area (TPSA) is 58.6 Å². The van der Waals surface area contributed by atoms with Gasteiger partial charge in [-0.1, -0.05) is 33.8 Å². The van der Waals surface area contributed by atoms with E-state index in [0.717, 1.165) is 5.56 Å². The first-order chi connectivity index (χ1) is 10.7. The number of benzene rings is 1. The molecule has 0 radical (unpaired) electrons. The van der Waals surface area contributed by atoms with Crippen LogP contribution in [0, 0.1) is 18.8 Å². The molecule has 0 fully saturated rings. The third-order valence-electron chi connectivity index (χ3n) is 3.26. The van der Waals surface area contributed by atoms with E-state index in [-0.39, 0.29) is 0 Å². The Hall–Kier alpha value is -2.04. The van der Waals surface area contributed by atoms with E-state index in [2.05, 4.69) is 5.32 Å². The highest BCUT2D eigenvalue weighted by Gasteiger charge is 2.24. The molecule has 0 aliphatic heterocycles. The van der Waals surface area contributed by atoms with Gasteiger partial charge >= 0.3 is 11.8 Å². The smallest absolute Gasteiger partial charge is 0.314 e. The summed E-state index contributed by atoms with van der Waals surface area (Å²) >= 11 is 0. The summed E-state index contributed by atoms with van der Waals surface area (Å²) in [6.45, 7) is 11.2. The predicted molar refractivity (Wildman–Crippen MR) is 92.6 cm³/mol. The van der Waals surface area contributed by atoms with Crippen molar-refractivity contribution in [2.75, 3.05) is 25.5 Å². The van der Waals surface area contributed by atoms with Crippen LogP contribution in [-0.2, 0) is 9.59 Å². The lowest BCUT2D eigenvalue weighted by Crippen LogP contribution is -2.43. The summed E-state index contributed by atoms with van der Waals surface area (Å²) in [4.78, 5) is 26.4. The lowest BCUT2D eigenvalue weighted by molar-refractivity contribution is -0.143. The van der Waals surface area contributed by atoms with Gasteiger partial charge < -0.3 is 15.0 Å². The molecule has 0 atom stereocenters. The van der Waals surface area contributed by atoms with Crippen molar-refractivity contribution in [1.29, 1.82) is 0 Å². The molecule has 5 heteroatoms. The predicted octanol–water partition coefficient (Wildman–Crippen LogP) is 3.08. The molecule has 0 heterocycles. The summed E-state index contributed by atoms with van der Waals surface area (Å²) in [5, 5.41) is 2.67. The Morgan fingerprint density at radius 2 is 1.70 bits per heavy atom. The van der Waals surface area contributed by atoms with E-state index in [9.17, 15) is 9.59 Å². The minimum absolute atomic E-state index is 0.305. The molecule has 0 aromatic heterocycles. The molecule has 0 aliphatic carbocycles. The van der Waals surface area contributed by atoms with Crippen molar-refractivity contribution in [2.24, 2.45) is 11.8 Å². The van der Waals surface area contributed by atoms with Gasteiger partial charge in [0.15, 0.2) is 0 Å². The number of methoxy groups -OCH3 is 1. The fourth-order valence-electron chi connectivity index (χ4n) is 2.36.